The van der Waals surface area contributed by atoms with Crippen LogP contribution >= 0.6 is 11.6 Å². The standard InChI is InChI=1S/C14H9ClF2N2O/c15-9-4-5-11-12(7-9)19-13(18-11)8-2-1-3-10(6-8)20-14(16)17/h1-7,14H,(H,18,19). The van der Waals surface area contributed by atoms with Crippen molar-refractivity contribution in [3.63, 3.8) is 0 Å². The van der Waals surface area contributed by atoms with Crippen LogP contribution in [-0.2, 0) is 0 Å². The number of aromatic nitrogens is 2. The molecule has 1 aromatic heterocycles. The van der Waals surface area contributed by atoms with E-state index in [0.29, 0.717) is 16.4 Å². The highest BCUT2D eigenvalue weighted by Crippen LogP contribution is 2.26. The van der Waals surface area contributed by atoms with E-state index in [2.05, 4.69) is 14.7 Å². The average Bonchev–Trinajstić information content (AvgIpc) is 2.81. The van der Waals surface area contributed by atoms with Gasteiger partial charge in [0.15, 0.2) is 0 Å². The lowest BCUT2D eigenvalue weighted by Crippen LogP contribution is -2.01. The molecule has 0 saturated heterocycles. The Morgan fingerprint density at radius 2 is 2.00 bits per heavy atom. The Morgan fingerprint density at radius 1 is 1.15 bits per heavy atom. The monoisotopic (exact) mass is 294 g/mol. The predicted octanol–water partition coefficient (Wildman–Crippen LogP) is 4.48. The molecule has 0 amide bonds. The SMILES string of the molecule is FC(F)Oc1cccc(-c2nc3ccc(Cl)cc3[nH]2)c1. The van der Waals surface area contributed by atoms with Crippen LogP contribution < -0.4 is 4.74 Å². The number of benzene rings is 2. The van der Waals surface area contributed by atoms with Gasteiger partial charge in [0.05, 0.1) is 11.0 Å². The first-order chi connectivity index (χ1) is 9.61. The minimum atomic E-state index is -2.85. The number of imidazole rings is 1. The number of aromatic amines is 1. The van der Waals surface area contributed by atoms with Crippen LogP contribution in [0.5, 0.6) is 5.75 Å². The number of H-pyrrole nitrogens is 1. The molecule has 102 valence electrons. The molecule has 0 radical (unpaired) electrons. The zero-order chi connectivity index (χ0) is 14.1. The molecule has 0 aliphatic heterocycles. The lowest BCUT2D eigenvalue weighted by molar-refractivity contribution is -0.0498. The van der Waals surface area contributed by atoms with Crippen molar-refractivity contribution in [2.45, 2.75) is 6.61 Å². The van der Waals surface area contributed by atoms with Crippen molar-refractivity contribution in [2.24, 2.45) is 0 Å². The number of alkyl halides is 2. The largest absolute Gasteiger partial charge is 0.435 e. The molecule has 0 spiro atoms. The van der Waals surface area contributed by atoms with E-state index in [1.165, 1.54) is 12.1 Å². The van der Waals surface area contributed by atoms with Crippen molar-refractivity contribution in [1.29, 1.82) is 0 Å². The smallest absolute Gasteiger partial charge is 0.387 e. The number of halogens is 3. The van der Waals surface area contributed by atoms with Gasteiger partial charge in [-0.3, -0.25) is 0 Å². The Balaban J connectivity index is 2.01. The molecule has 0 bridgehead atoms. The fourth-order valence-electron chi connectivity index (χ4n) is 1.94. The Bertz CT molecular complexity index is 758. The number of rotatable bonds is 3. The van der Waals surface area contributed by atoms with E-state index < -0.39 is 6.61 Å². The van der Waals surface area contributed by atoms with Gasteiger partial charge in [0, 0.05) is 10.6 Å². The highest BCUT2D eigenvalue weighted by atomic mass is 35.5. The topological polar surface area (TPSA) is 37.9 Å². The van der Waals surface area contributed by atoms with E-state index in [1.54, 1.807) is 30.3 Å². The van der Waals surface area contributed by atoms with Gasteiger partial charge in [0.1, 0.15) is 11.6 Å². The molecule has 1 heterocycles. The summed E-state index contributed by atoms with van der Waals surface area (Å²) in [6.07, 6.45) is 0. The van der Waals surface area contributed by atoms with Crippen LogP contribution in [0, 0.1) is 0 Å². The van der Waals surface area contributed by atoms with Gasteiger partial charge < -0.3 is 9.72 Å². The van der Waals surface area contributed by atoms with E-state index in [4.69, 9.17) is 11.6 Å². The van der Waals surface area contributed by atoms with Gasteiger partial charge in [-0.1, -0.05) is 23.7 Å². The molecule has 3 rings (SSSR count). The number of ether oxygens (including phenoxy) is 1. The van der Waals surface area contributed by atoms with Crippen molar-refractivity contribution in [2.75, 3.05) is 0 Å². The summed E-state index contributed by atoms with van der Waals surface area (Å²) >= 11 is 5.91. The Hall–Kier alpha value is -2.14. The van der Waals surface area contributed by atoms with Crippen LogP contribution in [-0.4, -0.2) is 16.6 Å². The number of hydrogen-bond donors (Lipinski definition) is 1. The minimum absolute atomic E-state index is 0.0935. The second-order valence-corrected chi connectivity index (χ2v) is 4.59. The third kappa shape index (κ3) is 2.58. The Kier molecular flexibility index (Phi) is 3.28. The van der Waals surface area contributed by atoms with Crippen LogP contribution in [0.4, 0.5) is 8.78 Å². The quantitative estimate of drug-likeness (QED) is 0.773. The van der Waals surface area contributed by atoms with Gasteiger partial charge in [-0.05, 0) is 30.3 Å². The molecule has 0 aliphatic carbocycles. The third-order valence-electron chi connectivity index (χ3n) is 2.78. The highest BCUT2D eigenvalue weighted by molar-refractivity contribution is 6.31. The van der Waals surface area contributed by atoms with Crippen LogP contribution in [0.15, 0.2) is 42.5 Å². The van der Waals surface area contributed by atoms with Gasteiger partial charge in [0.2, 0.25) is 0 Å². The normalized spacial score (nSPS) is 11.2. The number of nitrogens with one attached hydrogen (secondary N) is 1. The molecule has 0 saturated carbocycles. The van der Waals surface area contributed by atoms with Crippen LogP contribution in [0.2, 0.25) is 5.02 Å². The maximum Gasteiger partial charge on any atom is 0.387 e. The van der Waals surface area contributed by atoms with Crippen molar-refractivity contribution < 1.29 is 13.5 Å². The van der Waals surface area contributed by atoms with Gasteiger partial charge >= 0.3 is 6.61 Å². The molecule has 3 aromatic rings. The molecule has 6 heteroatoms. The summed E-state index contributed by atoms with van der Waals surface area (Å²) in [7, 11) is 0. The van der Waals surface area contributed by atoms with E-state index in [1.807, 2.05) is 0 Å². The maximum absolute atomic E-state index is 12.2. The second kappa shape index (κ2) is 5.09. The van der Waals surface area contributed by atoms with Crippen LogP contribution in [0.25, 0.3) is 22.4 Å². The van der Waals surface area contributed by atoms with E-state index >= 15 is 0 Å². The van der Waals surface area contributed by atoms with Crippen LogP contribution in [0.3, 0.4) is 0 Å². The summed E-state index contributed by atoms with van der Waals surface area (Å²) in [4.78, 5) is 7.48. The molecule has 3 nitrogen and oxygen atoms in total. The summed E-state index contributed by atoms with van der Waals surface area (Å²) in [5.74, 6) is 0.665. The van der Waals surface area contributed by atoms with Gasteiger partial charge in [0.25, 0.3) is 0 Å². The first-order valence-corrected chi connectivity index (χ1v) is 6.20. The van der Waals surface area contributed by atoms with Crippen molar-refractivity contribution in [1.82, 2.24) is 9.97 Å². The summed E-state index contributed by atoms with van der Waals surface area (Å²) in [5, 5.41) is 0.600. The first kappa shape index (κ1) is 12.9. The molecule has 2 aromatic carbocycles. The van der Waals surface area contributed by atoms with E-state index in [0.717, 1.165) is 11.0 Å². The molecule has 0 fully saturated rings. The summed E-state index contributed by atoms with van der Waals surface area (Å²) < 4.78 is 28.8. The molecule has 20 heavy (non-hydrogen) atoms. The predicted molar refractivity (Wildman–Crippen MR) is 73.2 cm³/mol. The minimum Gasteiger partial charge on any atom is -0.435 e. The van der Waals surface area contributed by atoms with Gasteiger partial charge in [-0.25, -0.2) is 4.98 Å². The lowest BCUT2D eigenvalue weighted by Gasteiger charge is -2.05. The fraction of sp³-hybridized carbons (Fsp3) is 0.0714. The molecule has 1 N–H and O–H groups in total. The third-order valence-corrected chi connectivity index (χ3v) is 3.01. The average molecular weight is 295 g/mol. The number of fused-ring (bicyclic) bond motifs is 1. The van der Waals surface area contributed by atoms with Gasteiger partial charge in [-0.15, -0.1) is 0 Å². The zero-order valence-corrected chi connectivity index (χ0v) is 10.9. The van der Waals surface area contributed by atoms with Crippen molar-refractivity contribution >= 4 is 22.6 Å². The van der Waals surface area contributed by atoms with Crippen molar-refractivity contribution in [3.8, 4) is 17.1 Å². The summed E-state index contributed by atoms with van der Waals surface area (Å²) in [5.41, 5.74) is 2.20. The summed E-state index contributed by atoms with van der Waals surface area (Å²) in [6, 6.07) is 11.7. The molecular weight excluding hydrogens is 286 g/mol. The fourth-order valence-corrected chi connectivity index (χ4v) is 2.11. The zero-order valence-electron chi connectivity index (χ0n) is 10.1. The lowest BCUT2D eigenvalue weighted by atomic mass is 10.2. The van der Waals surface area contributed by atoms with Crippen LogP contribution in [0.1, 0.15) is 0 Å². The molecule has 0 unspecified atom stereocenters. The second-order valence-electron chi connectivity index (χ2n) is 4.15. The number of nitrogens with zero attached hydrogens (tertiary/aromatic N) is 1. The first-order valence-electron chi connectivity index (χ1n) is 5.82. The van der Waals surface area contributed by atoms with E-state index in [9.17, 15) is 8.78 Å². The molecule has 0 atom stereocenters. The molecular formula is C14H9ClF2N2O. The highest BCUT2D eigenvalue weighted by Gasteiger charge is 2.09. The summed E-state index contributed by atoms with van der Waals surface area (Å²) in [6.45, 7) is -2.85. The van der Waals surface area contributed by atoms with Gasteiger partial charge in [-0.2, -0.15) is 8.78 Å². The Labute approximate surface area is 118 Å². The van der Waals surface area contributed by atoms with Crippen molar-refractivity contribution in [3.05, 3.63) is 47.5 Å². The molecule has 0 aliphatic rings. The maximum atomic E-state index is 12.2. The van der Waals surface area contributed by atoms with E-state index in [-0.39, 0.29) is 5.75 Å². The number of hydrogen-bond acceptors (Lipinski definition) is 2. The Morgan fingerprint density at radius 3 is 2.80 bits per heavy atom.